The van der Waals surface area contributed by atoms with Crippen molar-refractivity contribution in [2.75, 3.05) is 4.90 Å². The average molecular weight is 769 g/mol. The van der Waals surface area contributed by atoms with Gasteiger partial charge in [0.05, 0.1) is 22.2 Å². The summed E-state index contributed by atoms with van der Waals surface area (Å²) in [7, 11) is 0. The number of anilines is 3. The van der Waals surface area contributed by atoms with Crippen molar-refractivity contribution in [1.29, 1.82) is 0 Å². The highest BCUT2D eigenvalue weighted by molar-refractivity contribution is 6.13. The molecule has 0 aliphatic heterocycles. The highest BCUT2D eigenvalue weighted by Crippen LogP contribution is 2.53. The maximum atomic E-state index is 5.64. The van der Waals surface area contributed by atoms with Crippen LogP contribution in [0.5, 0.6) is 0 Å². The molecule has 0 amide bonds. The van der Waals surface area contributed by atoms with Crippen molar-refractivity contribution in [3.05, 3.63) is 217 Å². The molecule has 3 aromatic heterocycles. The second-order valence-electron chi connectivity index (χ2n) is 16.4. The summed E-state index contributed by atoms with van der Waals surface area (Å²) in [5.41, 5.74) is 16.9. The van der Waals surface area contributed by atoms with Crippen molar-refractivity contribution in [2.24, 2.45) is 0 Å². The van der Waals surface area contributed by atoms with Crippen molar-refractivity contribution in [3.8, 4) is 39.3 Å². The summed E-state index contributed by atoms with van der Waals surface area (Å²) < 4.78 is 4.58. The number of nitrogens with zero attached hydrogens (tertiary/aromatic N) is 4. The van der Waals surface area contributed by atoms with Crippen LogP contribution in [0.4, 0.5) is 17.1 Å². The molecule has 1 aliphatic rings. The zero-order chi connectivity index (χ0) is 40.0. The van der Waals surface area contributed by atoms with E-state index in [-0.39, 0.29) is 5.41 Å². The van der Waals surface area contributed by atoms with Crippen LogP contribution in [0.15, 0.2) is 206 Å². The van der Waals surface area contributed by atoms with Crippen LogP contribution in [0.3, 0.4) is 0 Å². The molecule has 11 aromatic rings. The number of hydrogen-bond donors (Lipinski definition) is 0. The van der Waals surface area contributed by atoms with Gasteiger partial charge in [-0.05, 0) is 82.2 Å². The van der Waals surface area contributed by atoms with Gasteiger partial charge in [0.1, 0.15) is 11.4 Å². The molecule has 0 radical (unpaired) electrons. The van der Waals surface area contributed by atoms with Crippen LogP contribution < -0.4 is 4.90 Å². The molecule has 0 saturated carbocycles. The molecule has 4 nitrogen and oxygen atoms in total. The Morgan fingerprint density at radius 2 is 1.07 bits per heavy atom. The zero-order valence-electron chi connectivity index (χ0n) is 33.4. The fourth-order valence-corrected chi connectivity index (χ4v) is 9.88. The smallest absolute Gasteiger partial charge is 0.117 e. The standard InChI is InChI=1S/C56H40N4/c1-56(2)48-28-16-14-26-44(48)45-32-30-42(36-49(45)56)58(41-31-33-51-47(35-41)46-27-15-17-29-50(46)59(51)40-23-10-5-11-24-40)55-53(38-20-8-4-9-21-38)57-60-52(37-18-6-3-7-19-37)34-39-22-12-13-25-43(39)54(55)60/h3-36H,1-2H3. The Kier molecular flexibility index (Phi) is 7.54. The minimum Gasteiger partial charge on any atom is -0.309 e. The Morgan fingerprint density at radius 1 is 0.467 bits per heavy atom. The van der Waals surface area contributed by atoms with E-state index in [1.54, 1.807) is 0 Å². The average Bonchev–Trinajstić information content (AvgIpc) is 3.93. The maximum Gasteiger partial charge on any atom is 0.117 e. The van der Waals surface area contributed by atoms with Gasteiger partial charge in [-0.25, -0.2) is 4.52 Å². The maximum absolute atomic E-state index is 5.64. The molecule has 0 fully saturated rings. The van der Waals surface area contributed by atoms with Gasteiger partial charge in [0.2, 0.25) is 0 Å². The summed E-state index contributed by atoms with van der Waals surface area (Å²) in [6.07, 6.45) is 0. The normalized spacial score (nSPS) is 13.0. The third kappa shape index (κ3) is 5.07. The van der Waals surface area contributed by atoms with Crippen LogP contribution in [0.1, 0.15) is 25.0 Å². The van der Waals surface area contributed by atoms with Gasteiger partial charge in [-0.2, -0.15) is 5.10 Å². The number of hydrogen-bond acceptors (Lipinski definition) is 2. The van der Waals surface area contributed by atoms with Gasteiger partial charge in [0, 0.05) is 49.8 Å². The van der Waals surface area contributed by atoms with E-state index in [1.165, 1.54) is 38.5 Å². The molecular formula is C56H40N4. The highest BCUT2D eigenvalue weighted by atomic mass is 15.3. The first kappa shape index (κ1) is 34.4. The van der Waals surface area contributed by atoms with Crippen molar-refractivity contribution in [3.63, 3.8) is 0 Å². The number of rotatable bonds is 6. The van der Waals surface area contributed by atoms with Crippen LogP contribution in [0, 0.1) is 0 Å². The molecular weight excluding hydrogens is 729 g/mol. The molecule has 0 unspecified atom stereocenters. The Morgan fingerprint density at radius 3 is 1.87 bits per heavy atom. The van der Waals surface area contributed by atoms with E-state index in [0.29, 0.717) is 0 Å². The summed E-state index contributed by atoms with van der Waals surface area (Å²) in [5.74, 6) is 0. The Hall–Kier alpha value is -7.69. The monoisotopic (exact) mass is 768 g/mol. The second-order valence-corrected chi connectivity index (χ2v) is 16.4. The van der Waals surface area contributed by atoms with Gasteiger partial charge in [0.15, 0.2) is 0 Å². The van der Waals surface area contributed by atoms with Gasteiger partial charge >= 0.3 is 0 Å². The largest absolute Gasteiger partial charge is 0.309 e. The van der Waals surface area contributed by atoms with Crippen molar-refractivity contribution >= 4 is 55.2 Å². The third-order valence-corrected chi connectivity index (χ3v) is 12.7. The number of fused-ring (bicyclic) bond motifs is 9. The van der Waals surface area contributed by atoms with E-state index in [9.17, 15) is 0 Å². The number of aromatic nitrogens is 3. The molecule has 60 heavy (non-hydrogen) atoms. The lowest BCUT2D eigenvalue weighted by Crippen LogP contribution is -2.16. The first-order chi connectivity index (χ1) is 29.5. The molecule has 0 saturated heterocycles. The van der Waals surface area contributed by atoms with Crippen molar-refractivity contribution in [2.45, 2.75) is 19.3 Å². The van der Waals surface area contributed by atoms with E-state index in [0.717, 1.165) is 67.1 Å². The minimum atomic E-state index is -0.183. The predicted octanol–water partition coefficient (Wildman–Crippen LogP) is 14.7. The van der Waals surface area contributed by atoms with Crippen molar-refractivity contribution < 1.29 is 0 Å². The molecule has 3 heterocycles. The molecule has 0 N–H and O–H groups in total. The first-order valence-electron chi connectivity index (χ1n) is 20.7. The van der Waals surface area contributed by atoms with E-state index in [4.69, 9.17) is 5.10 Å². The van der Waals surface area contributed by atoms with Crippen LogP contribution in [0.25, 0.3) is 77.4 Å². The van der Waals surface area contributed by atoms with Crippen molar-refractivity contribution in [1.82, 2.24) is 14.2 Å². The molecule has 0 atom stereocenters. The van der Waals surface area contributed by atoms with E-state index >= 15 is 0 Å². The van der Waals surface area contributed by atoms with Gasteiger partial charge in [-0.3, -0.25) is 0 Å². The predicted molar refractivity (Wildman–Crippen MR) is 250 cm³/mol. The first-order valence-corrected chi connectivity index (χ1v) is 20.7. The summed E-state index contributed by atoms with van der Waals surface area (Å²) in [6.45, 7) is 4.72. The lowest BCUT2D eigenvalue weighted by Gasteiger charge is -2.29. The van der Waals surface area contributed by atoms with Gasteiger partial charge in [-0.1, -0.05) is 166 Å². The molecule has 4 heteroatoms. The van der Waals surface area contributed by atoms with Gasteiger partial charge in [-0.15, -0.1) is 0 Å². The minimum absolute atomic E-state index is 0.183. The van der Waals surface area contributed by atoms with E-state index in [1.807, 2.05) is 0 Å². The summed E-state index contributed by atoms with van der Waals surface area (Å²) in [5, 5.41) is 10.4. The van der Waals surface area contributed by atoms with Gasteiger partial charge in [0.25, 0.3) is 0 Å². The topological polar surface area (TPSA) is 25.5 Å². The van der Waals surface area contributed by atoms with E-state index in [2.05, 4.69) is 234 Å². The Bertz CT molecular complexity index is 3450. The van der Waals surface area contributed by atoms with E-state index < -0.39 is 0 Å². The van der Waals surface area contributed by atoms with Gasteiger partial charge < -0.3 is 9.47 Å². The number of para-hydroxylation sites is 2. The Labute approximate surface area is 348 Å². The second kappa shape index (κ2) is 13.2. The van der Waals surface area contributed by atoms with Crippen LogP contribution in [-0.4, -0.2) is 14.2 Å². The van der Waals surface area contributed by atoms with Crippen LogP contribution in [0.2, 0.25) is 0 Å². The fraction of sp³-hybridized carbons (Fsp3) is 0.0536. The summed E-state index contributed by atoms with van der Waals surface area (Å²) in [6, 6.07) is 74.8. The number of benzene rings is 8. The SMILES string of the molecule is CC1(C)c2ccccc2-c2ccc(N(c3ccc4c(c3)c3ccccc3n4-c3ccccc3)c3c(-c4ccccc4)nn4c(-c5ccccc5)cc5ccccc5c34)cc21. The molecule has 8 aromatic carbocycles. The fourth-order valence-electron chi connectivity index (χ4n) is 9.88. The lowest BCUT2D eigenvalue weighted by molar-refractivity contribution is 0.660. The molecule has 0 bridgehead atoms. The zero-order valence-corrected chi connectivity index (χ0v) is 33.4. The Balaban J connectivity index is 1.22. The molecule has 0 spiro atoms. The molecule has 284 valence electrons. The molecule has 1 aliphatic carbocycles. The number of pyridine rings is 1. The van der Waals surface area contributed by atoms with Crippen LogP contribution >= 0.6 is 0 Å². The quantitative estimate of drug-likeness (QED) is 0.168. The molecule has 12 rings (SSSR count). The summed E-state index contributed by atoms with van der Waals surface area (Å²) in [4.78, 5) is 2.49. The third-order valence-electron chi connectivity index (χ3n) is 12.7. The van der Waals surface area contributed by atoms with Crippen LogP contribution in [-0.2, 0) is 5.41 Å². The lowest BCUT2D eigenvalue weighted by atomic mass is 9.82. The highest BCUT2D eigenvalue weighted by Gasteiger charge is 2.36. The summed E-state index contributed by atoms with van der Waals surface area (Å²) >= 11 is 0.